The average Bonchev–Trinajstić information content (AvgIpc) is 2.60. The Hall–Kier alpha value is -2.52. The van der Waals surface area contributed by atoms with Gasteiger partial charge in [0.1, 0.15) is 11.6 Å². The van der Waals surface area contributed by atoms with Gasteiger partial charge >= 0.3 is 12.1 Å². The summed E-state index contributed by atoms with van der Waals surface area (Å²) in [6, 6.07) is 9.03. The molecule has 1 aromatic carbocycles. The molecule has 26 heavy (non-hydrogen) atoms. The number of benzene rings is 1. The molecule has 0 spiro atoms. The molecule has 0 aromatic heterocycles. The van der Waals surface area contributed by atoms with Gasteiger partial charge in [-0.05, 0) is 32.9 Å². The van der Waals surface area contributed by atoms with Crippen LogP contribution in [0, 0.1) is 11.8 Å². The van der Waals surface area contributed by atoms with Crippen LogP contribution < -0.4 is 0 Å². The number of carbonyl (C=O) groups excluding carboxylic acids is 2. The highest BCUT2D eigenvalue weighted by atomic mass is 16.6. The molecule has 0 unspecified atom stereocenters. The van der Waals surface area contributed by atoms with Crippen LogP contribution in [-0.4, -0.2) is 66.8 Å². The fourth-order valence-corrected chi connectivity index (χ4v) is 2.63. The molecule has 0 aliphatic carbocycles. The van der Waals surface area contributed by atoms with Crippen molar-refractivity contribution in [3.05, 3.63) is 35.9 Å². The first-order valence-corrected chi connectivity index (χ1v) is 8.64. The van der Waals surface area contributed by atoms with E-state index in [-0.39, 0.29) is 0 Å². The highest BCUT2D eigenvalue weighted by Crippen LogP contribution is 2.16. The van der Waals surface area contributed by atoms with Crippen LogP contribution in [0.5, 0.6) is 0 Å². The van der Waals surface area contributed by atoms with Gasteiger partial charge in [0.15, 0.2) is 0 Å². The van der Waals surface area contributed by atoms with Gasteiger partial charge in [-0.15, -0.1) is 0 Å². The number of methoxy groups -OCH3 is 1. The number of piperazine rings is 1. The number of amides is 1. The first kappa shape index (κ1) is 19.8. The molecule has 1 saturated heterocycles. The minimum atomic E-state index is -0.692. The number of ether oxygens (including phenoxy) is 2. The van der Waals surface area contributed by atoms with Crippen molar-refractivity contribution in [1.82, 2.24) is 9.80 Å². The normalized spacial score (nSPS) is 17.8. The molecule has 1 aliphatic heterocycles. The van der Waals surface area contributed by atoms with Crippen molar-refractivity contribution in [1.29, 1.82) is 0 Å². The van der Waals surface area contributed by atoms with E-state index in [9.17, 15) is 9.59 Å². The first-order chi connectivity index (χ1) is 12.3. The number of esters is 1. The molecule has 1 heterocycles. The summed E-state index contributed by atoms with van der Waals surface area (Å²) in [6.07, 6.45) is -0.497. The third-order valence-corrected chi connectivity index (χ3v) is 3.87. The summed E-state index contributed by atoms with van der Waals surface area (Å²) in [5, 5.41) is 0. The van der Waals surface area contributed by atoms with Crippen LogP contribution in [-0.2, 0) is 14.3 Å². The van der Waals surface area contributed by atoms with E-state index < -0.39 is 23.7 Å². The van der Waals surface area contributed by atoms with E-state index in [4.69, 9.17) is 9.47 Å². The van der Waals surface area contributed by atoms with Gasteiger partial charge in [0.2, 0.25) is 0 Å². The maximum atomic E-state index is 12.4. The summed E-state index contributed by atoms with van der Waals surface area (Å²) in [6.45, 7) is 7.30. The number of carbonyl (C=O) groups is 2. The lowest BCUT2D eigenvalue weighted by Crippen LogP contribution is -2.59. The lowest BCUT2D eigenvalue weighted by molar-refractivity contribution is -0.149. The van der Waals surface area contributed by atoms with Crippen LogP contribution in [0.1, 0.15) is 26.3 Å². The third-order valence-electron chi connectivity index (χ3n) is 3.87. The molecule has 2 rings (SSSR count). The molecule has 1 amide bonds. The smallest absolute Gasteiger partial charge is 0.411 e. The van der Waals surface area contributed by atoms with Crippen molar-refractivity contribution in [2.45, 2.75) is 32.4 Å². The average molecular weight is 358 g/mol. The van der Waals surface area contributed by atoms with Crippen LogP contribution in [0.25, 0.3) is 0 Å². The van der Waals surface area contributed by atoms with Gasteiger partial charge in [-0.3, -0.25) is 9.80 Å². The van der Waals surface area contributed by atoms with E-state index in [0.717, 1.165) is 5.56 Å². The lowest BCUT2D eigenvalue weighted by Gasteiger charge is -2.39. The molecule has 0 saturated carbocycles. The highest BCUT2D eigenvalue weighted by Gasteiger charge is 2.38. The Balaban J connectivity index is 2.02. The molecule has 1 fully saturated rings. The third kappa shape index (κ3) is 5.78. The van der Waals surface area contributed by atoms with E-state index in [2.05, 4.69) is 11.8 Å². The quantitative estimate of drug-likeness (QED) is 0.599. The summed E-state index contributed by atoms with van der Waals surface area (Å²) in [5.74, 6) is 5.77. The fraction of sp³-hybridized carbons (Fsp3) is 0.500. The second-order valence-corrected chi connectivity index (χ2v) is 7.12. The molecular weight excluding hydrogens is 332 g/mol. The van der Waals surface area contributed by atoms with E-state index in [1.165, 1.54) is 12.0 Å². The van der Waals surface area contributed by atoms with Crippen molar-refractivity contribution in [3.63, 3.8) is 0 Å². The molecular formula is C20H26N2O4. The van der Waals surface area contributed by atoms with Crippen molar-refractivity contribution in [2.75, 3.05) is 33.3 Å². The molecule has 1 aliphatic rings. The maximum Gasteiger partial charge on any atom is 0.411 e. The number of hydrogen-bond donors (Lipinski definition) is 0. The Kier molecular flexibility index (Phi) is 6.64. The topological polar surface area (TPSA) is 59.1 Å². The summed E-state index contributed by atoms with van der Waals surface area (Å²) >= 11 is 0. The molecule has 0 N–H and O–H groups in total. The Bertz CT molecular complexity index is 685. The Morgan fingerprint density at radius 2 is 1.88 bits per heavy atom. The van der Waals surface area contributed by atoms with Crippen LogP contribution in [0.3, 0.4) is 0 Å². The van der Waals surface area contributed by atoms with E-state index in [0.29, 0.717) is 26.2 Å². The molecule has 1 atom stereocenters. The van der Waals surface area contributed by atoms with Gasteiger partial charge in [0, 0.05) is 25.2 Å². The van der Waals surface area contributed by atoms with Gasteiger partial charge in [-0.1, -0.05) is 30.0 Å². The van der Waals surface area contributed by atoms with Crippen LogP contribution in [0.4, 0.5) is 4.79 Å². The Morgan fingerprint density at radius 1 is 1.19 bits per heavy atom. The predicted molar refractivity (Wildman–Crippen MR) is 98.5 cm³/mol. The van der Waals surface area contributed by atoms with E-state index in [1.807, 2.05) is 35.2 Å². The SMILES string of the molecule is COC(=O)[C@@H]1CN(CC#Cc2ccccc2)CCN1C(=O)OC(C)(C)C. The summed E-state index contributed by atoms with van der Waals surface area (Å²) in [4.78, 5) is 28.0. The first-order valence-electron chi connectivity index (χ1n) is 8.64. The predicted octanol–water partition coefficient (Wildman–Crippen LogP) is 2.13. The Labute approximate surface area is 155 Å². The zero-order valence-corrected chi connectivity index (χ0v) is 15.8. The van der Waals surface area contributed by atoms with E-state index >= 15 is 0 Å². The highest BCUT2D eigenvalue weighted by molar-refractivity contribution is 5.82. The fourth-order valence-electron chi connectivity index (χ4n) is 2.63. The second-order valence-electron chi connectivity index (χ2n) is 7.12. The van der Waals surface area contributed by atoms with Crippen molar-refractivity contribution >= 4 is 12.1 Å². The number of nitrogens with zero attached hydrogens (tertiary/aromatic N) is 2. The van der Waals surface area contributed by atoms with E-state index in [1.54, 1.807) is 20.8 Å². The summed E-state index contributed by atoms with van der Waals surface area (Å²) in [7, 11) is 1.32. The van der Waals surface area contributed by atoms with Gasteiger partial charge in [-0.2, -0.15) is 0 Å². The molecule has 6 nitrogen and oxygen atoms in total. The van der Waals surface area contributed by atoms with Gasteiger partial charge < -0.3 is 9.47 Å². The largest absolute Gasteiger partial charge is 0.467 e. The molecule has 140 valence electrons. The maximum absolute atomic E-state index is 12.4. The number of rotatable bonds is 2. The zero-order valence-electron chi connectivity index (χ0n) is 15.8. The molecule has 6 heteroatoms. The zero-order chi connectivity index (χ0) is 19.2. The Morgan fingerprint density at radius 3 is 2.50 bits per heavy atom. The van der Waals surface area contributed by atoms with Crippen molar-refractivity contribution < 1.29 is 19.1 Å². The van der Waals surface area contributed by atoms with Crippen molar-refractivity contribution in [3.8, 4) is 11.8 Å². The summed E-state index contributed by atoms with van der Waals surface area (Å²) < 4.78 is 10.3. The lowest BCUT2D eigenvalue weighted by atomic mass is 10.1. The van der Waals surface area contributed by atoms with Crippen LogP contribution in [0.2, 0.25) is 0 Å². The van der Waals surface area contributed by atoms with Crippen molar-refractivity contribution in [2.24, 2.45) is 0 Å². The minimum Gasteiger partial charge on any atom is -0.467 e. The van der Waals surface area contributed by atoms with Gasteiger partial charge in [-0.25, -0.2) is 9.59 Å². The second kappa shape index (κ2) is 8.72. The summed E-state index contributed by atoms with van der Waals surface area (Å²) in [5.41, 5.74) is 0.333. The minimum absolute atomic E-state index is 0.370. The van der Waals surface area contributed by atoms with Gasteiger partial charge in [0.25, 0.3) is 0 Å². The molecule has 0 bridgehead atoms. The molecule has 0 radical (unpaired) electrons. The van der Waals surface area contributed by atoms with Crippen LogP contribution >= 0.6 is 0 Å². The monoisotopic (exact) mass is 358 g/mol. The standard InChI is InChI=1S/C20H26N2O4/c1-20(2,3)26-19(24)22-14-13-21(15-17(22)18(23)25-4)12-8-11-16-9-6-5-7-10-16/h5-7,9-10,17H,12-15H2,1-4H3/t17-/m0/s1. The van der Waals surface area contributed by atoms with Crippen LogP contribution in [0.15, 0.2) is 30.3 Å². The van der Waals surface area contributed by atoms with Gasteiger partial charge in [0.05, 0.1) is 13.7 Å². The molecule has 1 aromatic rings. The number of hydrogen-bond acceptors (Lipinski definition) is 5.